The second-order valence-corrected chi connectivity index (χ2v) is 8.23. The Morgan fingerprint density at radius 1 is 0.971 bits per heavy atom. The summed E-state index contributed by atoms with van der Waals surface area (Å²) in [6, 6.07) is 8.72. The van der Waals surface area contributed by atoms with Gasteiger partial charge in [0.1, 0.15) is 34.7 Å². The van der Waals surface area contributed by atoms with Crippen molar-refractivity contribution < 1.29 is 36.3 Å². The van der Waals surface area contributed by atoms with Crippen LogP contribution in [0.3, 0.4) is 0 Å². The molecule has 1 heterocycles. The average molecular weight is 490 g/mol. The van der Waals surface area contributed by atoms with Crippen LogP contribution in [0, 0.1) is 17.6 Å². The molecule has 4 rings (SSSR count). The van der Waals surface area contributed by atoms with Crippen molar-refractivity contribution in [3.05, 3.63) is 83.1 Å². The molecule has 0 unspecified atom stereocenters. The number of Topliss-reactive ketones (excluding diaryl/α,β-unsaturated/α-hetero) is 1. The summed E-state index contributed by atoms with van der Waals surface area (Å²) >= 11 is 0. The number of amides is 1. The second kappa shape index (κ2) is 9.81. The zero-order valence-electron chi connectivity index (χ0n) is 18.2. The first-order valence-corrected chi connectivity index (χ1v) is 10.7. The largest absolute Gasteiger partial charge is 0.457 e. The van der Waals surface area contributed by atoms with E-state index in [-0.39, 0.29) is 28.7 Å². The van der Waals surface area contributed by atoms with Crippen LogP contribution in [0.4, 0.5) is 27.8 Å². The molecule has 35 heavy (non-hydrogen) atoms. The minimum atomic E-state index is -4.75. The molecular weight excluding hydrogens is 471 g/mol. The van der Waals surface area contributed by atoms with Crippen LogP contribution in [0.1, 0.15) is 29.5 Å². The summed E-state index contributed by atoms with van der Waals surface area (Å²) in [4.78, 5) is 28.2. The van der Waals surface area contributed by atoms with E-state index >= 15 is 0 Å². The molecule has 0 spiro atoms. The van der Waals surface area contributed by atoms with E-state index in [0.717, 1.165) is 25.0 Å². The number of nitrogens with one attached hydrogen (secondary N) is 1. The topological polar surface area (TPSA) is 68.3 Å². The highest BCUT2D eigenvalue weighted by molar-refractivity contribution is 5.93. The van der Waals surface area contributed by atoms with Gasteiger partial charge in [-0.1, -0.05) is 6.07 Å². The SMILES string of the molecule is O=C(Cc1cc(F)cc(C(F)(F)F)c1)Cc1ccc(Oc2ccnc(NC(=O)C3CC3)c2)cc1F. The van der Waals surface area contributed by atoms with Gasteiger partial charge in [-0.05, 0) is 54.3 Å². The lowest BCUT2D eigenvalue weighted by Gasteiger charge is -2.11. The quantitative estimate of drug-likeness (QED) is 0.401. The van der Waals surface area contributed by atoms with Gasteiger partial charge in [-0.25, -0.2) is 13.8 Å². The van der Waals surface area contributed by atoms with Crippen LogP contribution in [0.5, 0.6) is 11.5 Å². The van der Waals surface area contributed by atoms with Crippen molar-refractivity contribution in [1.29, 1.82) is 0 Å². The van der Waals surface area contributed by atoms with Crippen molar-refractivity contribution in [2.45, 2.75) is 31.9 Å². The normalized spacial score (nSPS) is 13.4. The van der Waals surface area contributed by atoms with Crippen LogP contribution in [0.25, 0.3) is 0 Å². The van der Waals surface area contributed by atoms with E-state index in [2.05, 4.69) is 10.3 Å². The first kappa shape index (κ1) is 24.3. The number of anilines is 1. The minimum absolute atomic E-state index is 0.00155. The first-order chi connectivity index (χ1) is 16.6. The molecular formula is C25H19F5N2O3. The van der Waals surface area contributed by atoms with E-state index in [1.165, 1.54) is 30.5 Å². The summed E-state index contributed by atoms with van der Waals surface area (Å²) in [7, 11) is 0. The van der Waals surface area contributed by atoms with Crippen molar-refractivity contribution >= 4 is 17.5 Å². The van der Waals surface area contributed by atoms with Crippen LogP contribution in [-0.4, -0.2) is 16.7 Å². The molecule has 1 N–H and O–H groups in total. The number of alkyl halides is 3. The van der Waals surface area contributed by atoms with Gasteiger partial charge < -0.3 is 10.1 Å². The highest BCUT2D eigenvalue weighted by atomic mass is 19.4. The van der Waals surface area contributed by atoms with Gasteiger partial charge in [0.25, 0.3) is 0 Å². The maximum Gasteiger partial charge on any atom is 0.416 e. The van der Waals surface area contributed by atoms with E-state index in [0.29, 0.717) is 23.7 Å². The number of aromatic nitrogens is 1. The molecule has 0 atom stereocenters. The molecule has 1 saturated carbocycles. The fraction of sp³-hybridized carbons (Fsp3) is 0.240. The van der Waals surface area contributed by atoms with Crippen LogP contribution in [-0.2, 0) is 28.6 Å². The number of rotatable bonds is 8. The first-order valence-electron chi connectivity index (χ1n) is 10.7. The van der Waals surface area contributed by atoms with Gasteiger partial charge in [0.2, 0.25) is 5.91 Å². The van der Waals surface area contributed by atoms with Gasteiger partial charge in [0.05, 0.1) is 5.56 Å². The molecule has 1 fully saturated rings. The highest BCUT2D eigenvalue weighted by Gasteiger charge is 2.31. The molecule has 0 saturated heterocycles. The van der Waals surface area contributed by atoms with E-state index in [1.807, 2.05) is 0 Å². The number of carbonyl (C=O) groups is 2. The Balaban J connectivity index is 1.39. The summed E-state index contributed by atoms with van der Waals surface area (Å²) in [5.41, 5.74) is -1.33. The number of pyridine rings is 1. The Kier molecular flexibility index (Phi) is 6.81. The molecule has 2 aromatic carbocycles. The van der Waals surface area contributed by atoms with E-state index in [9.17, 15) is 31.5 Å². The monoisotopic (exact) mass is 490 g/mol. The molecule has 5 nitrogen and oxygen atoms in total. The lowest BCUT2D eigenvalue weighted by molar-refractivity contribution is -0.138. The fourth-order valence-electron chi connectivity index (χ4n) is 3.41. The lowest BCUT2D eigenvalue weighted by Crippen LogP contribution is -2.14. The summed E-state index contributed by atoms with van der Waals surface area (Å²) in [6.45, 7) is 0. The van der Waals surface area contributed by atoms with Crippen molar-refractivity contribution in [2.75, 3.05) is 5.32 Å². The lowest BCUT2D eigenvalue weighted by atomic mass is 10.0. The standard InChI is InChI=1S/C25H19F5N2O3/c26-18-8-14(7-17(11-18)25(28,29)30)9-19(33)10-16-3-4-20(12-22(16)27)35-21-5-6-31-23(13-21)32-24(34)15-1-2-15/h3-8,11-13,15H,1-2,9-10H2,(H,31,32,34). The Morgan fingerprint density at radius 2 is 1.71 bits per heavy atom. The number of ketones is 1. The smallest absolute Gasteiger partial charge is 0.416 e. The molecule has 10 heteroatoms. The number of halogens is 5. The predicted molar refractivity (Wildman–Crippen MR) is 116 cm³/mol. The number of ether oxygens (including phenoxy) is 1. The molecule has 182 valence electrons. The zero-order chi connectivity index (χ0) is 25.2. The highest BCUT2D eigenvalue weighted by Crippen LogP contribution is 2.32. The molecule has 0 bridgehead atoms. The minimum Gasteiger partial charge on any atom is -0.457 e. The third kappa shape index (κ3) is 6.62. The van der Waals surface area contributed by atoms with Gasteiger partial charge >= 0.3 is 6.18 Å². The maximum absolute atomic E-state index is 14.6. The number of hydrogen-bond donors (Lipinski definition) is 1. The predicted octanol–water partition coefficient (Wildman–Crippen LogP) is 5.87. The Morgan fingerprint density at radius 3 is 2.40 bits per heavy atom. The van der Waals surface area contributed by atoms with Gasteiger partial charge in [0.15, 0.2) is 0 Å². The Labute approximate surface area is 196 Å². The summed E-state index contributed by atoms with van der Waals surface area (Å²) in [6.07, 6.45) is -2.51. The van der Waals surface area contributed by atoms with Crippen LogP contribution in [0.2, 0.25) is 0 Å². The van der Waals surface area contributed by atoms with Crippen molar-refractivity contribution in [2.24, 2.45) is 5.92 Å². The van der Waals surface area contributed by atoms with Gasteiger partial charge in [-0.2, -0.15) is 13.2 Å². The number of benzene rings is 2. The van der Waals surface area contributed by atoms with Gasteiger partial charge in [-0.15, -0.1) is 0 Å². The molecule has 1 aromatic heterocycles. The van der Waals surface area contributed by atoms with E-state index in [1.54, 1.807) is 0 Å². The average Bonchev–Trinajstić information content (AvgIpc) is 3.60. The van der Waals surface area contributed by atoms with Gasteiger partial charge in [-0.3, -0.25) is 9.59 Å². The van der Waals surface area contributed by atoms with Crippen molar-refractivity contribution in [3.63, 3.8) is 0 Å². The molecule has 0 aliphatic heterocycles. The third-order valence-corrected chi connectivity index (χ3v) is 5.26. The molecule has 1 amide bonds. The molecule has 1 aliphatic carbocycles. The van der Waals surface area contributed by atoms with Gasteiger partial charge in [0, 0.05) is 37.1 Å². The van der Waals surface area contributed by atoms with Crippen molar-refractivity contribution in [1.82, 2.24) is 4.98 Å². The van der Waals surface area contributed by atoms with E-state index < -0.39 is 42.0 Å². The second-order valence-electron chi connectivity index (χ2n) is 8.23. The Bertz CT molecular complexity index is 1270. The summed E-state index contributed by atoms with van der Waals surface area (Å²) in [5.74, 6) is -1.83. The molecule has 1 aliphatic rings. The molecule has 3 aromatic rings. The summed E-state index contributed by atoms with van der Waals surface area (Å²) < 4.78 is 72.3. The maximum atomic E-state index is 14.6. The zero-order valence-corrected chi connectivity index (χ0v) is 18.2. The van der Waals surface area contributed by atoms with Crippen LogP contribution in [0.15, 0.2) is 54.7 Å². The van der Waals surface area contributed by atoms with Crippen molar-refractivity contribution in [3.8, 4) is 11.5 Å². The van der Waals surface area contributed by atoms with Crippen LogP contribution >= 0.6 is 0 Å². The summed E-state index contributed by atoms with van der Waals surface area (Å²) in [5, 5.41) is 2.68. The third-order valence-electron chi connectivity index (χ3n) is 5.26. The fourth-order valence-corrected chi connectivity index (χ4v) is 3.41. The Hall–Kier alpha value is -3.82. The number of nitrogens with zero attached hydrogens (tertiary/aromatic N) is 1. The number of hydrogen-bond acceptors (Lipinski definition) is 4. The van der Waals surface area contributed by atoms with E-state index in [4.69, 9.17) is 4.74 Å². The molecule has 0 radical (unpaired) electrons. The van der Waals surface area contributed by atoms with Crippen LogP contribution < -0.4 is 10.1 Å². The number of carbonyl (C=O) groups excluding carboxylic acids is 2.